The molecule has 0 bridgehead atoms. The van der Waals surface area contributed by atoms with Crippen molar-refractivity contribution in [1.82, 2.24) is 9.80 Å². The average Bonchev–Trinajstić information content (AvgIpc) is 2.40. The SMILES string of the molecule is CN1CCCC(N(C)Cc2ccc(C(N)=S)cc2F)C1. The molecule has 0 spiro atoms. The third kappa shape index (κ3) is 3.75. The zero-order valence-corrected chi connectivity index (χ0v) is 12.9. The summed E-state index contributed by atoms with van der Waals surface area (Å²) in [6.45, 7) is 2.81. The Kier molecular flexibility index (Phi) is 5.07. The number of rotatable bonds is 4. The Morgan fingerprint density at radius 3 is 2.90 bits per heavy atom. The van der Waals surface area contributed by atoms with Gasteiger partial charge in [-0.15, -0.1) is 0 Å². The molecule has 110 valence electrons. The van der Waals surface area contributed by atoms with Crippen molar-refractivity contribution in [2.45, 2.75) is 25.4 Å². The van der Waals surface area contributed by atoms with E-state index in [-0.39, 0.29) is 10.8 Å². The summed E-state index contributed by atoms with van der Waals surface area (Å²) < 4.78 is 14.1. The van der Waals surface area contributed by atoms with E-state index in [1.54, 1.807) is 12.1 Å². The topological polar surface area (TPSA) is 32.5 Å². The third-order valence-corrected chi connectivity index (χ3v) is 4.22. The summed E-state index contributed by atoms with van der Waals surface area (Å²) in [7, 11) is 4.20. The van der Waals surface area contributed by atoms with Gasteiger partial charge in [-0.2, -0.15) is 0 Å². The van der Waals surface area contributed by atoms with E-state index in [4.69, 9.17) is 18.0 Å². The highest BCUT2D eigenvalue weighted by Crippen LogP contribution is 2.18. The van der Waals surface area contributed by atoms with Gasteiger partial charge in [0.05, 0.1) is 0 Å². The molecule has 1 aliphatic rings. The van der Waals surface area contributed by atoms with Crippen LogP contribution < -0.4 is 5.73 Å². The van der Waals surface area contributed by atoms with Crippen molar-refractivity contribution in [3.05, 3.63) is 35.1 Å². The molecule has 1 aliphatic heterocycles. The highest BCUT2D eigenvalue weighted by atomic mass is 32.1. The second-order valence-electron chi connectivity index (χ2n) is 5.64. The van der Waals surface area contributed by atoms with Crippen molar-refractivity contribution >= 4 is 17.2 Å². The smallest absolute Gasteiger partial charge is 0.128 e. The van der Waals surface area contributed by atoms with Crippen LogP contribution >= 0.6 is 12.2 Å². The number of hydrogen-bond donors (Lipinski definition) is 1. The number of likely N-dealkylation sites (N-methyl/N-ethyl adjacent to an activating group) is 2. The number of hydrogen-bond acceptors (Lipinski definition) is 3. The van der Waals surface area contributed by atoms with Crippen LogP contribution in [0.2, 0.25) is 0 Å². The van der Waals surface area contributed by atoms with Gasteiger partial charge in [0, 0.05) is 30.3 Å². The maximum atomic E-state index is 14.1. The first-order valence-corrected chi connectivity index (χ1v) is 7.35. The number of thiocarbonyl (C=S) groups is 1. The van der Waals surface area contributed by atoms with E-state index >= 15 is 0 Å². The zero-order valence-electron chi connectivity index (χ0n) is 12.1. The largest absolute Gasteiger partial charge is 0.389 e. The van der Waals surface area contributed by atoms with Gasteiger partial charge in [0.25, 0.3) is 0 Å². The molecule has 2 N–H and O–H groups in total. The summed E-state index contributed by atoms with van der Waals surface area (Å²) in [6, 6.07) is 5.50. The van der Waals surface area contributed by atoms with Crippen LogP contribution in [0.25, 0.3) is 0 Å². The van der Waals surface area contributed by atoms with E-state index in [9.17, 15) is 4.39 Å². The monoisotopic (exact) mass is 295 g/mol. The van der Waals surface area contributed by atoms with Crippen LogP contribution in [-0.4, -0.2) is 48.0 Å². The van der Waals surface area contributed by atoms with Crippen LogP contribution in [0.5, 0.6) is 0 Å². The van der Waals surface area contributed by atoms with Gasteiger partial charge in [0.2, 0.25) is 0 Å². The molecule has 0 radical (unpaired) electrons. The first-order valence-electron chi connectivity index (χ1n) is 6.94. The lowest BCUT2D eigenvalue weighted by atomic mass is 10.0. The van der Waals surface area contributed by atoms with E-state index in [1.807, 2.05) is 0 Å². The van der Waals surface area contributed by atoms with Gasteiger partial charge in [0.1, 0.15) is 10.8 Å². The number of piperidine rings is 1. The van der Waals surface area contributed by atoms with Gasteiger partial charge >= 0.3 is 0 Å². The maximum absolute atomic E-state index is 14.1. The van der Waals surface area contributed by atoms with Crippen molar-refractivity contribution in [2.24, 2.45) is 5.73 Å². The molecule has 1 heterocycles. The van der Waals surface area contributed by atoms with Gasteiger partial charge in [-0.05, 0) is 39.5 Å². The predicted octanol–water partition coefficient (Wildman–Crippen LogP) is 1.99. The normalized spacial score (nSPS) is 20.3. The molecule has 3 nitrogen and oxygen atoms in total. The Balaban J connectivity index is 2.03. The second-order valence-corrected chi connectivity index (χ2v) is 6.08. The van der Waals surface area contributed by atoms with Crippen LogP contribution in [-0.2, 0) is 6.54 Å². The summed E-state index contributed by atoms with van der Waals surface area (Å²) in [4.78, 5) is 4.79. The highest BCUT2D eigenvalue weighted by molar-refractivity contribution is 7.80. The van der Waals surface area contributed by atoms with Crippen LogP contribution in [0.15, 0.2) is 18.2 Å². The molecule has 5 heteroatoms. The third-order valence-electron chi connectivity index (χ3n) is 3.98. The molecule has 0 aliphatic carbocycles. The first kappa shape index (κ1) is 15.4. The Labute approximate surface area is 125 Å². The fraction of sp³-hybridized carbons (Fsp3) is 0.533. The summed E-state index contributed by atoms with van der Waals surface area (Å²) in [6.07, 6.45) is 2.38. The van der Waals surface area contributed by atoms with E-state index in [2.05, 4.69) is 23.9 Å². The van der Waals surface area contributed by atoms with Crippen molar-refractivity contribution in [1.29, 1.82) is 0 Å². The summed E-state index contributed by atoms with van der Waals surface area (Å²) >= 11 is 4.86. The molecule has 2 rings (SSSR count). The number of nitrogens with zero attached hydrogens (tertiary/aromatic N) is 2. The van der Waals surface area contributed by atoms with Crippen LogP contribution in [0, 0.1) is 5.82 Å². The highest BCUT2D eigenvalue weighted by Gasteiger charge is 2.21. The first-order chi connectivity index (χ1) is 9.47. The predicted molar refractivity (Wildman–Crippen MR) is 84.3 cm³/mol. The summed E-state index contributed by atoms with van der Waals surface area (Å²) in [5.41, 5.74) is 6.79. The van der Waals surface area contributed by atoms with Crippen molar-refractivity contribution < 1.29 is 4.39 Å². The number of likely N-dealkylation sites (tertiary alicyclic amines) is 1. The number of benzene rings is 1. The average molecular weight is 295 g/mol. The van der Waals surface area contributed by atoms with Crippen molar-refractivity contribution in [3.63, 3.8) is 0 Å². The lowest BCUT2D eigenvalue weighted by Gasteiger charge is -2.36. The van der Waals surface area contributed by atoms with Gasteiger partial charge in [-0.3, -0.25) is 4.90 Å². The minimum Gasteiger partial charge on any atom is -0.389 e. The Morgan fingerprint density at radius 2 is 2.30 bits per heavy atom. The quantitative estimate of drug-likeness (QED) is 0.861. The van der Waals surface area contributed by atoms with Gasteiger partial charge in [0.15, 0.2) is 0 Å². The Morgan fingerprint density at radius 1 is 1.55 bits per heavy atom. The number of nitrogens with two attached hydrogens (primary N) is 1. The van der Waals surface area contributed by atoms with Gasteiger partial charge in [-0.1, -0.05) is 24.4 Å². The van der Waals surface area contributed by atoms with E-state index in [1.165, 1.54) is 18.9 Å². The Hall–Kier alpha value is -1.04. The van der Waals surface area contributed by atoms with E-state index in [0.717, 1.165) is 13.1 Å². The fourth-order valence-electron chi connectivity index (χ4n) is 2.73. The molecule has 1 aromatic rings. The lowest BCUT2D eigenvalue weighted by molar-refractivity contribution is 0.128. The molecule has 1 aromatic carbocycles. The van der Waals surface area contributed by atoms with Crippen molar-refractivity contribution in [3.8, 4) is 0 Å². The Bertz CT molecular complexity index is 492. The summed E-state index contributed by atoms with van der Waals surface area (Å²) in [5.74, 6) is -0.230. The second kappa shape index (κ2) is 6.61. The molecular formula is C15H22FN3S. The molecule has 20 heavy (non-hydrogen) atoms. The molecule has 0 amide bonds. The molecule has 1 saturated heterocycles. The van der Waals surface area contributed by atoms with Crippen LogP contribution in [0.4, 0.5) is 4.39 Å². The molecular weight excluding hydrogens is 273 g/mol. The lowest BCUT2D eigenvalue weighted by Crippen LogP contribution is -2.44. The molecule has 1 unspecified atom stereocenters. The molecule has 1 atom stereocenters. The van der Waals surface area contributed by atoms with Crippen molar-refractivity contribution in [2.75, 3.05) is 27.2 Å². The molecule has 0 saturated carbocycles. The van der Waals surface area contributed by atoms with Crippen LogP contribution in [0.1, 0.15) is 24.0 Å². The summed E-state index contributed by atoms with van der Waals surface area (Å²) in [5, 5.41) is 0. The molecule has 0 aromatic heterocycles. The zero-order chi connectivity index (χ0) is 14.7. The minimum atomic E-state index is -0.230. The fourth-order valence-corrected chi connectivity index (χ4v) is 2.85. The van der Waals surface area contributed by atoms with Gasteiger partial charge < -0.3 is 10.6 Å². The standard InChI is InChI=1S/C15H22FN3S/c1-18-7-3-4-13(10-18)19(2)9-12-6-5-11(15(17)20)8-14(12)16/h5-6,8,13H,3-4,7,9-10H2,1-2H3,(H2,17,20). The van der Waals surface area contributed by atoms with Gasteiger partial charge in [-0.25, -0.2) is 4.39 Å². The van der Waals surface area contributed by atoms with E-state index < -0.39 is 0 Å². The van der Waals surface area contributed by atoms with Crippen LogP contribution in [0.3, 0.4) is 0 Å². The minimum absolute atomic E-state index is 0.230. The molecule has 1 fully saturated rings. The maximum Gasteiger partial charge on any atom is 0.128 e. The van der Waals surface area contributed by atoms with E-state index in [0.29, 0.717) is 23.7 Å². The number of halogens is 1.